The van der Waals surface area contributed by atoms with Gasteiger partial charge in [-0.25, -0.2) is 9.59 Å². The van der Waals surface area contributed by atoms with Crippen molar-refractivity contribution >= 4 is 12.0 Å². The lowest BCUT2D eigenvalue weighted by atomic mass is 9.93. The van der Waals surface area contributed by atoms with Gasteiger partial charge in [0.05, 0.1) is 0 Å². The predicted molar refractivity (Wildman–Crippen MR) is 85.9 cm³/mol. The van der Waals surface area contributed by atoms with Crippen LogP contribution in [0.1, 0.15) is 33.1 Å². The summed E-state index contributed by atoms with van der Waals surface area (Å²) in [7, 11) is 0. The molecule has 0 aromatic carbocycles. The van der Waals surface area contributed by atoms with Gasteiger partial charge in [-0.05, 0) is 37.2 Å². The summed E-state index contributed by atoms with van der Waals surface area (Å²) in [5.74, 6) is -0.533. The number of piperidine rings is 1. The summed E-state index contributed by atoms with van der Waals surface area (Å²) in [4.78, 5) is 25.1. The average Bonchev–Trinajstić information content (AvgIpc) is 3.03. The van der Waals surface area contributed by atoms with Crippen LogP contribution in [0.25, 0.3) is 0 Å². The molecule has 1 fully saturated rings. The first kappa shape index (κ1) is 17.3. The smallest absolute Gasteiger partial charge is 0.326 e. The van der Waals surface area contributed by atoms with Crippen LogP contribution in [0.5, 0.6) is 0 Å². The molecular weight excluding hydrogens is 296 g/mol. The molecule has 128 valence electrons. The molecule has 1 aliphatic heterocycles. The molecule has 1 aromatic heterocycles. The Bertz CT molecular complexity index is 507. The van der Waals surface area contributed by atoms with Gasteiger partial charge in [-0.2, -0.15) is 5.10 Å². The van der Waals surface area contributed by atoms with Crippen molar-refractivity contribution in [2.24, 2.45) is 11.8 Å². The molecule has 2 N–H and O–H groups in total. The first-order valence-corrected chi connectivity index (χ1v) is 8.23. The van der Waals surface area contributed by atoms with Crippen LogP contribution in [0.2, 0.25) is 0 Å². The zero-order chi connectivity index (χ0) is 16.8. The van der Waals surface area contributed by atoms with E-state index in [1.54, 1.807) is 24.9 Å². The number of hydrogen-bond acceptors (Lipinski definition) is 3. The molecule has 7 nitrogen and oxygen atoms in total. The number of amides is 2. The molecule has 1 aromatic rings. The summed E-state index contributed by atoms with van der Waals surface area (Å²) < 4.78 is 1.93. The highest BCUT2D eigenvalue weighted by molar-refractivity contribution is 5.82. The topological polar surface area (TPSA) is 87.5 Å². The van der Waals surface area contributed by atoms with E-state index in [0.717, 1.165) is 25.8 Å². The molecule has 2 heterocycles. The van der Waals surface area contributed by atoms with Gasteiger partial charge in [0.1, 0.15) is 6.04 Å². The molecular formula is C16H26N4O3. The molecule has 2 amide bonds. The first-order chi connectivity index (χ1) is 11.0. The minimum absolute atomic E-state index is 0.136. The fourth-order valence-electron chi connectivity index (χ4n) is 2.91. The summed E-state index contributed by atoms with van der Waals surface area (Å²) in [5.41, 5.74) is 0. The number of carboxylic acids is 1. The van der Waals surface area contributed by atoms with Crippen molar-refractivity contribution in [3.63, 3.8) is 0 Å². The minimum atomic E-state index is -0.984. The standard InChI is InChI=1S/C16H26N4O3/c1-12(2)14(15(21)22)18-16(23)19-9-4-13(5-10-19)6-11-20-8-3-7-17-20/h3,7-8,12-14H,4-6,9-11H2,1-2H3,(H,18,23)(H,21,22). The third-order valence-corrected chi connectivity index (χ3v) is 4.44. The molecule has 0 spiro atoms. The van der Waals surface area contributed by atoms with Gasteiger partial charge in [-0.3, -0.25) is 4.68 Å². The molecule has 0 saturated carbocycles. The van der Waals surface area contributed by atoms with E-state index in [1.165, 1.54) is 0 Å². The van der Waals surface area contributed by atoms with Crippen LogP contribution in [0.15, 0.2) is 18.5 Å². The zero-order valence-electron chi connectivity index (χ0n) is 13.8. The van der Waals surface area contributed by atoms with E-state index in [9.17, 15) is 9.59 Å². The highest BCUT2D eigenvalue weighted by Crippen LogP contribution is 2.21. The lowest BCUT2D eigenvalue weighted by molar-refractivity contribution is -0.140. The monoisotopic (exact) mass is 322 g/mol. The number of aliphatic carboxylic acids is 1. The number of hydrogen-bond donors (Lipinski definition) is 2. The lowest BCUT2D eigenvalue weighted by Crippen LogP contribution is -2.51. The first-order valence-electron chi connectivity index (χ1n) is 8.23. The number of carboxylic acid groups (broad SMARTS) is 1. The number of carbonyl (C=O) groups is 2. The predicted octanol–water partition coefficient (Wildman–Crippen LogP) is 1.80. The SMILES string of the molecule is CC(C)C(NC(=O)N1CCC(CCn2cccn2)CC1)C(=O)O. The number of aromatic nitrogens is 2. The van der Waals surface area contributed by atoms with E-state index < -0.39 is 12.0 Å². The van der Waals surface area contributed by atoms with E-state index in [2.05, 4.69) is 10.4 Å². The third kappa shape index (κ3) is 4.97. The van der Waals surface area contributed by atoms with E-state index in [0.29, 0.717) is 19.0 Å². The summed E-state index contributed by atoms with van der Waals surface area (Å²) in [6.45, 7) is 5.85. The molecule has 0 aliphatic carbocycles. The summed E-state index contributed by atoms with van der Waals surface area (Å²) >= 11 is 0. The zero-order valence-corrected chi connectivity index (χ0v) is 13.8. The lowest BCUT2D eigenvalue weighted by Gasteiger charge is -2.33. The van der Waals surface area contributed by atoms with E-state index in [1.807, 2.05) is 16.9 Å². The van der Waals surface area contributed by atoms with Gasteiger partial charge in [0.2, 0.25) is 0 Å². The Balaban J connectivity index is 1.74. The van der Waals surface area contributed by atoms with Crippen molar-refractivity contribution in [1.29, 1.82) is 0 Å². The Morgan fingerprint density at radius 3 is 2.57 bits per heavy atom. The van der Waals surface area contributed by atoms with Crippen LogP contribution in [0.4, 0.5) is 4.79 Å². The second-order valence-corrected chi connectivity index (χ2v) is 6.50. The molecule has 1 unspecified atom stereocenters. The Labute approximate surface area is 136 Å². The van der Waals surface area contributed by atoms with Crippen molar-refractivity contribution in [2.45, 2.75) is 45.7 Å². The van der Waals surface area contributed by atoms with Gasteiger partial charge in [0.25, 0.3) is 0 Å². The molecule has 1 aliphatic rings. The van der Waals surface area contributed by atoms with Gasteiger partial charge in [0.15, 0.2) is 0 Å². The second kappa shape index (κ2) is 7.99. The molecule has 0 radical (unpaired) electrons. The average molecular weight is 322 g/mol. The Kier molecular flexibility index (Phi) is 6.01. The summed E-state index contributed by atoms with van der Waals surface area (Å²) in [6, 6.07) is 0.817. The maximum Gasteiger partial charge on any atom is 0.326 e. The van der Waals surface area contributed by atoms with Crippen LogP contribution >= 0.6 is 0 Å². The van der Waals surface area contributed by atoms with E-state index in [-0.39, 0.29) is 11.9 Å². The number of aryl methyl sites for hydroxylation is 1. The largest absolute Gasteiger partial charge is 0.480 e. The van der Waals surface area contributed by atoms with Crippen LogP contribution in [-0.4, -0.2) is 50.9 Å². The van der Waals surface area contributed by atoms with Crippen LogP contribution in [-0.2, 0) is 11.3 Å². The molecule has 7 heteroatoms. The Morgan fingerprint density at radius 2 is 2.04 bits per heavy atom. The van der Waals surface area contributed by atoms with Crippen molar-refractivity contribution < 1.29 is 14.7 Å². The fourth-order valence-corrected chi connectivity index (χ4v) is 2.91. The van der Waals surface area contributed by atoms with Gasteiger partial charge < -0.3 is 15.3 Å². The molecule has 2 rings (SSSR count). The highest BCUT2D eigenvalue weighted by Gasteiger charge is 2.28. The highest BCUT2D eigenvalue weighted by atomic mass is 16.4. The second-order valence-electron chi connectivity index (χ2n) is 6.50. The van der Waals surface area contributed by atoms with Gasteiger partial charge in [0, 0.05) is 32.0 Å². The van der Waals surface area contributed by atoms with Crippen LogP contribution in [0, 0.1) is 11.8 Å². The van der Waals surface area contributed by atoms with Crippen LogP contribution in [0.3, 0.4) is 0 Å². The number of nitrogens with one attached hydrogen (secondary N) is 1. The van der Waals surface area contributed by atoms with Crippen molar-refractivity contribution in [1.82, 2.24) is 20.0 Å². The van der Waals surface area contributed by atoms with Crippen LogP contribution < -0.4 is 5.32 Å². The fraction of sp³-hybridized carbons (Fsp3) is 0.688. The quantitative estimate of drug-likeness (QED) is 0.836. The van der Waals surface area contributed by atoms with Gasteiger partial charge in [-0.15, -0.1) is 0 Å². The maximum atomic E-state index is 12.2. The Morgan fingerprint density at radius 1 is 1.35 bits per heavy atom. The third-order valence-electron chi connectivity index (χ3n) is 4.44. The van der Waals surface area contributed by atoms with E-state index in [4.69, 9.17) is 5.11 Å². The number of rotatable bonds is 6. The number of nitrogens with zero attached hydrogens (tertiary/aromatic N) is 3. The normalized spacial score (nSPS) is 17.3. The Hall–Kier alpha value is -2.05. The summed E-state index contributed by atoms with van der Waals surface area (Å²) in [5, 5.41) is 16.0. The molecule has 1 atom stereocenters. The number of likely N-dealkylation sites (tertiary alicyclic amines) is 1. The number of carbonyl (C=O) groups excluding carboxylic acids is 1. The number of urea groups is 1. The van der Waals surface area contributed by atoms with Crippen molar-refractivity contribution in [3.8, 4) is 0 Å². The molecule has 23 heavy (non-hydrogen) atoms. The molecule has 0 bridgehead atoms. The van der Waals surface area contributed by atoms with E-state index >= 15 is 0 Å². The van der Waals surface area contributed by atoms with Crippen molar-refractivity contribution in [2.75, 3.05) is 13.1 Å². The van der Waals surface area contributed by atoms with Crippen molar-refractivity contribution in [3.05, 3.63) is 18.5 Å². The van der Waals surface area contributed by atoms with Gasteiger partial charge >= 0.3 is 12.0 Å². The molecule has 1 saturated heterocycles. The maximum absolute atomic E-state index is 12.2. The summed E-state index contributed by atoms with van der Waals surface area (Å²) in [6.07, 6.45) is 6.70. The minimum Gasteiger partial charge on any atom is -0.480 e. The van der Waals surface area contributed by atoms with Gasteiger partial charge in [-0.1, -0.05) is 13.8 Å².